The molecule has 1 amide bonds. The van der Waals surface area contributed by atoms with Crippen molar-refractivity contribution in [1.29, 1.82) is 0 Å². The Morgan fingerprint density at radius 3 is 2.95 bits per heavy atom. The fraction of sp³-hybridized carbons (Fsp3) is 0.200. The number of carbonyl (C=O) groups is 1. The number of amides is 1. The largest absolute Gasteiger partial charge is 0.361 e. The Morgan fingerprint density at radius 1 is 1.40 bits per heavy atom. The van der Waals surface area contributed by atoms with Gasteiger partial charge >= 0.3 is 0 Å². The van der Waals surface area contributed by atoms with Crippen molar-refractivity contribution in [2.24, 2.45) is 0 Å². The van der Waals surface area contributed by atoms with Gasteiger partial charge in [-0.2, -0.15) is 0 Å². The molecule has 2 aromatic rings. The molecule has 0 unspecified atom stereocenters. The van der Waals surface area contributed by atoms with Gasteiger partial charge in [0.25, 0.3) is 0 Å². The number of aryl methyl sites for hydroxylation is 1. The molecule has 102 valence electrons. The van der Waals surface area contributed by atoms with E-state index in [1.54, 1.807) is 6.07 Å². The highest BCUT2D eigenvalue weighted by atomic mass is 35.5. The van der Waals surface area contributed by atoms with Crippen LogP contribution in [-0.2, 0) is 4.79 Å². The average molecular weight is 288 g/mol. The number of nitrogens with zero attached hydrogens (tertiary/aromatic N) is 1. The number of hydrogen-bond acceptors (Lipinski definition) is 3. The van der Waals surface area contributed by atoms with Crippen LogP contribution in [0.4, 0.5) is 5.82 Å². The summed E-state index contributed by atoms with van der Waals surface area (Å²) in [6.07, 6.45) is 5.07. The molecule has 1 heterocycles. The van der Waals surface area contributed by atoms with Crippen LogP contribution in [-0.4, -0.2) is 24.0 Å². The van der Waals surface area contributed by atoms with Crippen molar-refractivity contribution in [3.8, 4) is 12.3 Å². The Hall–Kier alpha value is -2.25. The second kappa shape index (κ2) is 6.27. The summed E-state index contributed by atoms with van der Waals surface area (Å²) < 4.78 is 0. The number of pyridine rings is 1. The highest BCUT2D eigenvalue weighted by Crippen LogP contribution is 2.26. The normalized spacial score (nSPS) is 10.1. The molecule has 0 saturated carbocycles. The number of anilines is 1. The molecule has 0 spiro atoms. The molecule has 2 N–H and O–H groups in total. The van der Waals surface area contributed by atoms with Gasteiger partial charge in [-0.05, 0) is 30.7 Å². The van der Waals surface area contributed by atoms with Gasteiger partial charge in [-0.15, -0.1) is 6.42 Å². The second-order valence-corrected chi connectivity index (χ2v) is 4.70. The summed E-state index contributed by atoms with van der Waals surface area (Å²) in [5, 5.41) is 7.09. The summed E-state index contributed by atoms with van der Waals surface area (Å²) in [5.74, 6) is 2.80. The zero-order valence-corrected chi connectivity index (χ0v) is 11.8. The third-order valence-electron chi connectivity index (χ3n) is 2.82. The molecule has 5 heteroatoms. The Bertz CT molecular complexity index is 691. The Morgan fingerprint density at radius 2 is 2.20 bits per heavy atom. The Labute approximate surface area is 122 Å². The minimum absolute atomic E-state index is 0.125. The van der Waals surface area contributed by atoms with Crippen LogP contribution >= 0.6 is 11.6 Å². The van der Waals surface area contributed by atoms with Crippen LogP contribution in [0.15, 0.2) is 24.3 Å². The summed E-state index contributed by atoms with van der Waals surface area (Å²) in [5.41, 5.74) is 1.86. The molecule has 1 aromatic carbocycles. The van der Waals surface area contributed by atoms with E-state index >= 15 is 0 Å². The van der Waals surface area contributed by atoms with Gasteiger partial charge in [0.1, 0.15) is 5.82 Å². The van der Waals surface area contributed by atoms with E-state index < -0.39 is 0 Å². The highest BCUT2D eigenvalue weighted by Gasteiger charge is 2.06. The minimum Gasteiger partial charge on any atom is -0.361 e. The zero-order chi connectivity index (χ0) is 14.5. The van der Waals surface area contributed by atoms with Crippen LogP contribution in [0.2, 0.25) is 5.02 Å². The second-order valence-electron chi connectivity index (χ2n) is 4.29. The first-order chi connectivity index (χ1) is 9.61. The predicted molar refractivity (Wildman–Crippen MR) is 81.8 cm³/mol. The van der Waals surface area contributed by atoms with Gasteiger partial charge in [-0.25, -0.2) is 4.98 Å². The van der Waals surface area contributed by atoms with E-state index in [9.17, 15) is 4.79 Å². The molecule has 0 atom stereocenters. The lowest BCUT2D eigenvalue weighted by atomic mass is 10.1. The van der Waals surface area contributed by atoms with Gasteiger partial charge in [0, 0.05) is 10.4 Å². The van der Waals surface area contributed by atoms with Gasteiger partial charge in [-0.1, -0.05) is 23.6 Å². The van der Waals surface area contributed by atoms with Crippen molar-refractivity contribution in [2.45, 2.75) is 6.92 Å². The van der Waals surface area contributed by atoms with Gasteiger partial charge in [0.15, 0.2) is 0 Å². The maximum atomic E-state index is 11.4. The molecule has 2 rings (SSSR count). The molecule has 0 aliphatic rings. The molecule has 0 bridgehead atoms. The minimum atomic E-state index is -0.173. The standard InChI is InChI=1S/C15H14ClN3O/c1-3-8-17-14(20)9-18-13-7-5-11-12(16)6-4-10(2)15(11)19-13/h1,4-7H,8-9H2,2H3,(H,17,20)(H,18,19). The average Bonchev–Trinajstić information content (AvgIpc) is 2.47. The molecule has 0 radical (unpaired) electrons. The van der Waals surface area contributed by atoms with Gasteiger partial charge in [-0.3, -0.25) is 4.79 Å². The maximum absolute atomic E-state index is 11.4. The number of aromatic nitrogens is 1. The SMILES string of the molecule is C#CCNC(=O)CNc1ccc2c(Cl)ccc(C)c2n1. The number of carbonyl (C=O) groups excluding carboxylic acids is 1. The van der Waals surface area contributed by atoms with Crippen molar-refractivity contribution in [3.63, 3.8) is 0 Å². The maximum Gasteiger partial charge on any atom is 0.240 e. The lowest BCUT2D eigenvalue weighted by Gasteiger charge is -2.08. The number of nitrogens with one attached hydrogen (secondary N) is 2. The van der Waals surface area contributed by atoms with Crippen molar-refractivity contribution < 1.29 is 4.79 Å². The number of halogens is 1. The van der Waals surface area contributed by atoms with E-state index in [2.05, 4.69) is 21.5 Å². The van der Waals surface area contributed by atoms with E-state index in [0.717, 1.165) is 16.5 Å². The molecule has 0 aliphatic heterocycles. The van der Waals surface area contributed by atoms with Crippen LogP contribution in [0.1, 0.15) is 5.56 Å². The molecule has 20 heavy (non-hydrogen) atoms. The van der Waals surface area contributed by atoms with Gasteiger partial charge in [0.2, 0.25) is 5.91 Å². The number of benzene rings is 1. The Kier molecular flexibility index (Phi) is 4.44. The summed E-state index contributed by atoms with van der Waals surface area (Å²) >= 11 is 6.12. The smallest absolute Gasteiger partial charge is 0.240 e. The van der Waals surface area contributed by atoms with Gasteiger partial charge in [0.05, 0.1) is 18.6 Å². The number of terminal acetylenes is 1. The summed E-state index contributed by atoms with van der Waals surface area (Å²) in [6.45, 7) is 2.31. The van der Waals surface area contributed by atoms with Crippen LogP contribution < -0.4 is 10.6 Å². The zero-order valence-electron chi connectivity index (χ0n) is 11.0. The van der Waals surface area contributed by atoms with Crippen molar-refractivity contribution in [2.75, 3.05) is 18.4 Å². The van der Waals surface area contributed by atoms with Crippen LogP contribution in [0, 0.1) is 19.3 Å². The van der Waals surface area contributed by atoms with E-state index in [-0.39, 0.29) is 19.0 Å². The predicted octanol–water partition coefficient (Wildman–Crippen LogP) is 2.36. The molecular weight excluding hydrogens is 274 g/mol. The highest BCUT2D eigenvalue weighted by molar-refractivity contribution is 6.35. The fourth-order valence-corrected chi connectivity index (χ4v) is 2.02. The monoisotopic (exact) mass is 287 g/mol. The molecule has 0 aliphatic carbocycles. The van der Waals surface area contributed by atoms with E-state index in [4.69, 9.17) is 18.0 Å². The van der Waals surface area contributed by atoms with Crippen molar-refractivity contribution >= 4 is 34.2 Å². The third kappa shape index (κ3) is 3.19. The molecule has 0 fully saturated rings. The van der Waals surface area contributed by atoms with Crippen LogP contribution in [0.25, 0.3) is 10.9 Å². The third-order valence-corrected chi connectivity index (χ3v) is 3.15. The topological polar surface area (TPSA) is 54.0 Å². The summed E-state index contributed by atoms with van der Waals surface area (Å²) in [6, 6.07) is 7.45. The van der Waals surface area contributed by atoms with E-state index in [1.165, 1.54) is 0 Å². The van der Waals surface area contributed by atoms with Crippen LogP contribution in [0.3, 0.4) is 0 Å². The quantitative estimate of drug-likeness (QED) is 0.849. The summed E-state index contributed by atoms with van der Waals surface area (Å²) in [4.78, 5) is 15.9. The fourth-order valence-electron chi connectivity index (χ4n) is 1.80. The lowest BCUT2D eigenvalue weighted by molar-refractivity contribution is -0.119. The van der Waals surface area contributed by atoms with Gasteiger partial charge < -0.3 is 10.6 Å². The van der Waals surface area contributed by atoms with Crippen LogP contribution in [0.5, 0.6) is 0 Å². The number of rotatable bonds is 4. The van der Waals surface area contributed by atoms with Crippen molar-refractivity contribution in [3.05, 3.63) is 34.9 Å². The number of hydrogen-bond donors (Lipinski definition) is 2. The first-order valence-electron chi connectivity index (χ1n) is 6.11. The lowest BCUT2D eigenvalue weighted by Crippen LogP contribution is -2.30. The molecular formula is C15H14ClN3O. The van der Waals surface area contributed by atoms with Crippen molar-refractivity contribution in [1.82, 2.24) is 10.3 Å². The molecule has 1 aromatic heterocycles. The first kappa shape index (κ1) is 14.2. The van der Waals surface area contributed by atoms with E-state index in [1.807, 2.05) is 25.1 Å². The first-order valence-corrected chi connectivity index (χ1v) is 6.49. The van der Waals surface area contributed by atoms with E-state index in [0.29, 0.717) is 10.8 Å². The summed E-state index contributed by atoms with van der Waals surface area (Å²) in [7, 11) is 0. The molecule has 4 nitrogen and oxygen atoms in total. The Balaban J connectivity index is 2.14. The number of fused-ring (bicyclic) bond motifs is 1. The molecule has 0 saturated heterocycles.